The van der Waals surface area contributed by atoms with E-state index < -0.39 is 23.6 Å². The van der Waals surface area contributed by atoms with Crippen molar-refractivity contribution in [3.05, 3.63) is 35.9 Å². The highest BCUT2D eigenvalue weighted by atomic mass is 16.6. The van der Waals surface area contributed by atoms with Crippen LogP contribution in [-0.4, -0.2) is 23.6 Å². The summed E-state index contributed by atoms with van der Waals surface area (Å²) in [5.74, 6) is -1.12. The molecule has 0 aliphatic rings. The molecule has 0 spiro atoms. The zero-order valence-corrected chi connectivity index (χ0v) is 12.1. The molecule has 0 heterocycles. The molecule has 0 saturated heterocycles. The summed E-state index contributed by atoms with van der Waals surface area (Å²) in [5, 5.41) is 0. The summed E-state index contributed by atoms with van der Waals surface area (Å²) < 4.78 is 10.1. The molecule has 0 fully saturated rings. The van der Waals surface area contributed by atoms with Crippen molar-refractivity contribution in [2.75, 3.05) is 0 Å². The van der Waals surface area contributed by atoms with Crippen LogP contribution in [0.4, 0.5) is 0 Å². The van der Waals surface area contributed by atoms with E-state index in [1.165, 1.54) is 0 Å². The van der Waals surface area contributed by atoms with Crippen LogP contribution in [0, 0.1) is 0 Å². The van der Waals surface area contributed by atoms with E-state index in [4.69, 9.17) is 15.2 Å². The molecule has 1 atom stereocenters. The van der Waals surface area contributed by atoms with Gasteiger partial charge in [0.15, 0.2) is 0 Å². The Bertz CT molecular complexity index is 451. The van der Waals surface area contributed by atoms with Crippen LogP contribution in [0.1, 0.15) is 32.8 Å². The molecule has 0 unspecified atom stereocenters. The van der Waals surface area contributed by atoms with Crippen LogP contribution >= 0.6 is 0 Å². The lowest BCUT2D eigenvalue weighted by Crippen LogP contribution is -2.39. The van der Waals surface area contributed by atoms with Crippen LogP contribution in [0.2, 0.25) is 0 Å². The van der Waals surface area contributed by atoms with Gasteiger partial charge >= 0.3 is 11.9 Å². The average Bonchev–Trinajstić information content (AvgIpc) is 2.35. The third kappa shape index (κ3) is 6.33. The largest absolute Gasteiger partial charge is 0.461 e. The Balaban J connectivity index is 2.36. The molecule has 5 heteroatoms. The Morgan fingerprint density at radius 1 is 1.20 bits per heavy atom. The number of ether oxygens (including phenoxy) is 2. The smallest absolute Gasteiger partial charge is 0.324 e. The highest BCUT2D eigenvalue weighted by Crippen LogP contribution is 2.09. The Labute approximate surface area is 119 Å². The Hall–Kier alpha value is -1.88. The summed E-state index contributed by atoms with van der Waals surface area (Å²) in [7, 11) is 0. The minimum absolute atomic E-state index is 0.167. The van der Waals surface area contributed by atoms with Gasteiger partial charge in [0.1, 0.15) is 18.2 Å². The number of benzene rings is 1. The van der Waals surface area contributed by atoms with E-state index in [1.807, 2.05) is 30.3 Å². The van der Waals surface area contributed by atoms with Crippen molar-refractivity contribution in [2.24, 2.45) is 5.73 Å². The van der Waals surface area contributed by atoms with Crippen molar-refractivity contribution in [3.63, 3.8) is 0 Å². The van der Waals surface area contributed by atoms with E-state index in [2.05, 4.69) is 0 Å². The maximum atomic E-state index is 11.6. The molecule has 0 amide bonds. The third-order valence-electron chi connectivity index (χ3n) is 2.34. The first-order chi connectivity index (χ1) is 9.28. The number of carbonyl (C=O) groups is 2. The normalized spacial score (nSPS) is 12.6. The topological polar surface area (TPSA) is 78.6 Å². The fraction of sp³-hybridized carbons (Fsp3) is 0.467. The van der Waals surface area contributed by atoms with Crippen LogP contribution in [0.3, 0.4) is 0 Å². The zero-order valence-electron chi connectivity index (χ0n) is 12.1. The minimum atomic E-state index is -1.00. The summed E-state index contributed by atoms with van der Waals surface area (Å²) in [6.45, 7) is 5.39. The lowest BCUT2D eigenvalue weighted by Gasteiger charge is -2.21. The fourth-order valence-corrected chi connectivity index (χ4v) is 1.44. The molecule has 0 bridgehead atoms. The molecule has 1 rings (SSSR count). The standard InChI is InChI=1S/C15H21NO4/c1-15(2,3)20-14(18)12(16)9-13(17)19-10-11-7-5-4-6-8-11/h4-8,12H,9-10,16H2,1-3H3/t12-/m0/s1. The number of carbonyl (C=O) groups excluding carboxylic acids is 2. The maximum absolute atomic E-state index is 11.6. The zero-order chi connectivity index (χ0) is 15.2. The number of rotatable bonds is 5. The summed E-state index contributed by atoms with van der Waals surface area (Å²) in [6.07, 6.45) is -0.193. The van der Waals surface area contributed by atoms with Gasteiger partial charge in [-0.15, -0.1) is 0 Å². The second-order valence-electron chi connectivity index (χ2n) is 5.49. The second-order valence-corrected chi connectivity index (χ2v) is 5.49. The van der Waals surface area contributed by atoms with Gasteiger partial charge in [-0.05, 0) is 26.3 Å². The highest BCUT2D eigenvalue weighted by molar-refractivity contribution is 5.82. The number of nitrogens with two attached hydrogens (primary N) is 1. The van der Waals surface area contributed by atoms with Crippen LogP contribution < -0.4 is 5.73 Å². The van der Waals surface area contributed by atoms with Gasteiger partial charge < -0.3 is 15.2 Å². The first-order valence-electron chi connectivity index (χ1n) is 6.46. The number of hydrogen-bond donors (Lipinski definition) is 1. The fourth-order valence-electron chi connectivity index (χ4n) is 1.44. The quantitative estimate of drug-likeness (QED) is 0.831. The van der Waals surface area contributed by atoms with Gasteiger partial charge in [-0.3, -0.25) is 9.59 Å². The van der Waals surface area contributed by atoms with E-state index in [-0.39, 0.29) is 13.0 Å². The van der Waals surface area contributed by atoms with Crippen molar-refractivity contribution in [2.45, 2.75) is 45.4 Å². The van der Waals surface area contributed by atoms with Crippen LogP contribution in [0.25, 0.3) is 0 Å². The SMILES string of the molecule is CC(C)(C)OC(=O)[C@@H](N)CC(=O)OCc1ccccc1. The van der Waals surface area contributed by atoms with Gasteiger partial charge in [0.2, 0.25) is 0 Å². The monoisotopic (exact) mass is 279 g/mol. The Kier molecular flexibility index (Phi) is 5.70. The van der Waals surface area contributed by atoms with E-state index in [9.17, 15) is 9.59 Å². The maximum Gasteiger partial charge on any atom is 0.324 e. The predicted octanol–water partition coefficient (Wildman–Crippen LogP) is 1.79. The number of hydrogen-bond acceptors (Lipinski definition) is 5. The lowest BCUT2D eigenvalue weighted by atomic mass is 10.1. The van der Waals surface area contributed by atoms with Crippen molar-refractivity contribution in [1.82, 2.24) is 0 Å². The molecule has 110 valence electrons. The van der Waals surface area contributed by atoms with Gasteiger partial charge in [0.25, 0.3) is 0 Å². The van der Waals surface area contributed by atoms with Crippen LogP contribution in [0.15, 0.2) is 30.3 Å². The van der Waals surface area contributed by atoms with Gasteiger partial charge in [-0.2, -0.15) is 0 Å². The molecule has 0 aliphatic heterocycles. The van der Waals surface area contributed by atoms with Gasteiger partial charge in [0, 0.05) is 0 Å². The molecule has 0 radical (unpaired) electrons. The Morgan fingerprint density at radius 2 is 1.80 bits per heavy atom. The summed E-state index contributed by atoms with van der Waals surface area (Å²) in [4.78, 5) is 23.2. The molecule has 5 nitrogen and oxygen atoms in total. The van der Waals surface area contributed by atoms with Crippen molar-refractivity contribution < 1.29 is 19.1 Å². The lowest BCUT2D eigenvalue weighted by molar-refractivity contribution is -0.160. The van der Waals surface area contributed by atoms with E-state index in [1.54, 1.807) is 20.8 Å². The predicted molar refractivity (Wildman–Crippen MR) is 74.7 cm³/mol. The summed E-state index contributed by atoms with van der Waals surface area (Å²) >= 11 is 0. The average molecular weight is 279 g/mol. The van der Waals surface area contributed by atoms with Gasteiger partial charge in [0.05, 0.1) is 6.42 Å². The van der Waals surface area contributed by atoms with E-state index in [0.717, 1.165) is 5.56 Å². The molecular weight excluding hydrogens is 258 g/mol. The van der Waals surface area contributed by atoms with E-state index >= 15 is 0 Å². The summed E-state index contributed by atoms with van der Waals surface area (Å²) in [6, 6.07) is 8.29. The Morgan fingerprint density at radius 3 is 2.35 bits per heavy atom. The van der Waals surface area contributed by atoms with Crippen LogP contribution in [-0.2, 0) is 25.7 Å². The molecular formula is C15H21NO4. The minimum Gasteiger partial charge on any atom is -0.461 e. The molecule has 0 aliphatic carbocycles. The van der Waals surface area contributed by atoms with Gasteiger partial charge in [-0.1, -0.05) is 30.3 Å². The molecule has 0 saturated carbocycles. The van der Waals surface area contributed by atoms with E-state index in [0.29, 0.717) is 0 Å². The molecule has 2 N–H and O–H groups in total. The first kappa shape index (κ1) is 16.2. The van der Waals surface area contributed by atoms with Crippen LogP contribution in [0.5, 0.6) is 0 Å². The molecule has 1 aromatic carbocycles. The molecule has 1 aromatic rings. The van der Waals surface area contributed by atoms with Gasteiger partial charge in [-0.25, -0.2) is 0 Å². The second kappa shape index (κ2) is 7.05. The van der Waals surface area contributed by atoms with Crippen molar-refractivity contribution in [3.8, 4) is 0 Å². The molecule has 20 heavy (non-hydrogen) atoms. The first-order valence-corrected chi connectivity index (χ1v) is 6.46. The molecule has 0 aromatic heterocycles. The number of esters is 2. The van der Waals surface area contributed by atoms with Crippen molar-refractivity contribution >= 4 is 11.9 Å². The third-order valence-corrected chi connectivity index (χ3v) is 2.34. The summed E-state index contributed by atoms with van der Waals surface area (Å²) in [5.41, 5.74) is 5.88. The highest BCUT2D eigenvalue weighted by Gasteiger charge is 2.24. The van der Waals surface area contributed by atoms with Crippen molar-refractivity contribution in [1.29, 1.82) is 0 Å².